The number of benzene rings is 2. The van der Waals surface area contributed by atoms with Crippen LogP contribution in [0.1, 0.15) is 16.7 Å². The molecule has 0 heterocycles. The molecule has 0 bridgehead atoms. The van der Waals surface area contributed by atoms with Crippen molar-refractivity contribution in [1.29, 1.82) is 0 Å². The van der Waals surface area contributed by atoms with E-state index in [9.17, 15) is 0 Å². The number of halogens is 1. The third-order valence-electron chi connectivity index (χ3n) is 3.37. The molecule has 0 aliphatic carbocycles. The van der Waals surface area contributed by atoms with Crippen LogP contribution in [-0.4, -0.2) is 19.0 Å². The van der Waals surface area contributed by atoms with Crippen LogP contribution in [-0.2, 0) is 12.8 Å². The van der Waals surface area contributed by atoms with Crippen molar-refractivity contribution in [2.75, 3.05) is 13.1 Å². The maximum absolute atomic E-state index is 5.87. The lowest BCUT2D eigenvalue weighted by Crippen LogP contribution is -2.33. The Morgan fingerprint density at radius 1 is 0.955 bits per heavy atom. The van der Waals surface area contributed by atoms with Crippen molar-refractivity contribution >= 4 is 29.9 Å². The van der Waals surface area contributed by atoms with Crippen molar-refractivity contribution in [2.45, 2.75) is 19.8 Å². The zero-order valence-corrected chi connectivity index (χ0v) is 15.3. The number of rotatable bonds is 6. The number of hydrogen-bond acceptors (Lipinski definition) is 1. The van der Waals surface area contributed by atoms with Gasteiger partial charge in [-0.25, -0.2) is 0 Å². The fourth-order valence-electron chi connectivity index (χ4n) is 2.10. The Morgan fingerprint density at radius 2 is 1.59 bits per heavy atom. The predicted molar refractivity (Wildman–Crippen MR) is 105 cm³/mol. The Labute approximate surface area is 150 Å². The summed E-state index contributed by atoms with van der Waals surface area (Å²) in [5.74, 6) is 0.526. The van der Waals surface area contributed by atoms with Crippen molar-refractivity contribution in [3.05, 3.63) is 71.3 Å². The fourth-order valence-corrected chi connectivity index (χ4v) is 2.10. The molecular formula is C18H24IN3. The highest BCUT2D eigenvalue weighted by Crippen LogP contribution is 2.03. The monoisotopic (exact) mass is 409 g/mol. The minimum atomic E-state index is 0. The van der Waals surface area contributed by atoms with Crippen LogP contribution in [0.15, 0.2) is 59.6 Å². The zero-order chi connectivity index (χ0) is 14.9. The number of nitrogens with two attached hydrogens (primary N) is 1. The zero-order valence-electron chi connectivity index (χ0n) is 13.0. The van der Waals surface area contributed by atoms with Crippen LogP contribution in [0.3, 0.4) is 0 Å². The molecule has 0 aliphatic heterocycles. The van der Waals surface area contributed by atoms with Crippen LogP contribution in [0, 0.1) is 6.92 Å². The van der Waals surface area contributed by atoms with Crippen LogP contribution in [0.2, 0.25) is 0 Å². The third kappa shape index (κ3) is 6.93. The van der Waals surface area contributed by atoms with Gasteiger partial charge in [-0.05, 0) is 30.9 Å². The van der Waals surface area contributed by atoms with E-state index in [1.54, 1.807) is 0 Å². The van der Waals surface area contributed by atoms with E-state index >= 15 is 0 Å². The van der Waals surface area contributed by atoms with E-state index in [1.807, 2.05) is 18.2 Å². The molecule has 0 aliphatic rings. The van der Waals surface area contributed by atoms with Crippen LogP contribution in [0.5, 0.6) is 0 Å². The predicted octanol–water partition coefficient (Wildman–Crippen LogP) is 3.30. The number of aliphatic imine (C=N–C) groups is 1. The average molecular weight is 409 g/mol. The summed E-state index contributed by atoms with van der Waals surface area (Å²) in [4.78, 5) is 4.36. The highest BCUT2D eigenvalue weighted by molar-refractivity contribution is 14.0. The van der Waals surface area contributed by atoms with E-state index in [4.69, 9.17) is 5.73 Å². The summed E-state index contributed by atoms with van der Waals surface area (Å²) in [6.07, 6.45) is 1.87. The summed E-state index contributed by atoms with van der Waals surface area (Å²) in [6, 6.07) is 18.9. The van der Waals surface area contributed by atoms with Crippen molar-refractivity contribution in [1.82, 2.24) is 5.32 Å². The molecule has 0 radical (unpaired) electrons. The summed E-state index contributed by atoms with van der Waals surface area (Å²) in [6.45, 7) is 3.62. The first-order chi connectivity index (χ1) is 10.2. The van der Waals surface area contributed by atoms with Gasteiger partial charge in [0.05, 0.1) is 0 Å². The molecule has 118 valence electrons. The molecule has 0 amide bonds. The Kier molecular flexibility index (Phi) is 8.58. The minimum absolute atomic E-state index is 0. The van der Waals surface area contributed by atoms with Crippen LogP contribution >= 0.6 is 24.0 Å². The molecule has 4 heteroatoms. The van der Waals surface area contributed by atoms with Crippen molar-refractivity contribution in [2.24, 2.45) is 10.7 Å². The number of guanidine groups is 1. The first-order valence-corrected chi connectivity index (χ1v) is 7.37. The second kappa shape index (κ2) is 10.2. The molecule has 3 N–H and O–H groups in total. The molecule has 0 saturated heterocycles. The quantitative estimate of drug-likeness (QED) is 0.437. The molecule has 22 heavy (non-hydrogen) atoms. The highest BCUT2D eigenvalue weighted by Gasteiger charge is 1.95. The van der Waals surface area contributed by atoms with E-state index in [1.165, 1.54) is 16.7 Å². The molecular weight excluding hydrogens is 385 g/mol. The van der Waals surface area contributed by atoms with E-state index in [0.717, 1.165) is 19.4 Å². The van der Waals surface area contributed by atoms with Gasteiger partial charge in [-0.2, -0.15) is 0 Å². The van der Waals surface area contributed by atoms with Gasteiger partial charge in [0, 0.05) is 13.1 Å². The van der Waals surface area contributed by atoms with Gasteiger partial charge in [0.2, 0.25) is 0 Å². The summed E-state index contributed by atoms with van der Waals surface area (Å²) >= 11 is 0. The van der Waals surface area contributed by atoms with Crippen LogP contribution in [0.25, 0.3) is 0 Å². The van der Waals surface area contributed by atoms with E-state index in [0.29, 0.717) is 12.5 Å². The molecule has 2 rings (SSSR count). The summed E-state index contributed by atoms with van der Waals surface area (Å²) in [5, 5.41) is 3.15. The number of aryl methyl sites for hydroxylation is 1. The van der Waals surface area contributed by atoms with Crippen molar-refractivity contribution in [3.8, 4) is 0 Å². The van der Waals surface area contributed by atoms with Gasteiger partial charge in [0.25, 0.3) is 0 Å². The molecule has 0 spiro atoms. The van der Waals surface area contributed by atoms with Gasteiger partial charge in [0.15, 0.2) is 5.96 Å². The molecule has 0 aromatic heterocycles. The van der Waals surface area contributed by atoms with Gasteiger partial charge in [-0.1, -0.05) is 60.2 Å². The van der Waals surface area contributed by atoms with Crippen molar-refractivity contribution < 1.29 is 0 Å². The Bertz CT molecular complexity index is 565. The molecule has 0 fully saturated rings. The standard InChI is InChI=1S/C18H23N3.HI/c1-15-7-9-17(10-8-15)12-14-21-18(19)20-13-11-16-5-3-2-4-6-16;/h2-10H,11-14H2,1H3,(H3,19,20,21);1H. The number of nitrogens with one attached hydrogen (secondary N) is 1. The second-order valence-electron chi connectivity index (χ2n) is 5.16. The van der Waals surface area contributed by atoms with Crippen molar-refractivity contribution in [3.63, 3.8) is 0 Å². The van der Waals surface area contributed by atoms with Crippen LogP contribution < -0.4 is 11.1 Å². The number of hydrogen-bond donors (Lipinski definition) is 2. The molecule has 0 atom stereocenters. The van der Waals surface area contributed by atoms with Gasteiger partial charge in [0.1, 0.15) is 0 Å². The minimum Gasteiger partial charge on any atom is -0.370 e. The second-order valence-corrected chi connectivity index (χ2v) is 5.16. The fraction of sp³-hybridized carbons (Fsp3) is 0.278. The van der Waals surface area contributed by atoms with Gasteiger partial charge < -0.3 is 11.1 Å². The lowest BCUT2D eigenvalue weighted by molar-refractivity contribution is 0.844. The topological polar surface area (TPSA) is 50.4 Å². The molecule has 2 aromatic carbocycles. The molecule has 0 saturated carbocycles. The smallest absolute Gasteiger partial charge is 0.188 e. The molecule has 2 aromatic rings. The molecule has 3 nitrogen and oxygen atoms in total. The summed E-state index contributed by atoms with van der Waals surface area (Å²) < 4.78 is 0. The Balaban J connectivity index is 0.00000242. The van der Waals surface area contributed by atoms with E-state index in [-0.39, 0.29) is 24.0 Å². The lowest BCUT2D eigenvalue weighted by Gasteiger charge is -2.06. The first-order valence-electron chi connectivity index (χ1n) is 7.37. The van der Waals surface area contributed by atoms with E-state index < -0.39 is 0 Å². The Morgan fingerprint density at radius 3 is 2.27 bits per heavy atom. The third-order valence-corrected chi connectivity index (χ3v) is 3.37. The SMILES string of the molecule is Cc1ccc(CCN=C(N)NCCc2ccccc2)cc1.I. The maximum atomic E-state index is 5.87. The van der Waals surface area contributed by atoms with Gasteiger partial charge in [-0.3, -0.25) is 4.99 Å². The largest absolute Gasteiger partial charge is 0.370 e. The maximum Gasteiger partial charge on any atom is 0.188 e. The molecule has 0 unspecified atom stereocenters. The summed E-state index contributed by atoms with van der Waals surface area (Å²) in [5.41, 5.74) is 9.74. The Hall–Kier alpha value is -1.56. The first kappa shape index (κ1) is 18.5. The summed E-state index contributed by atoms with van der Waals surface area (Å²) in [7, 11) is 0. The van der Waals surface area contributed by atoms with Crippen LogP contribution in [0.4, 0.5) is 0 Å². The van der Waals surface area contributed by atoms with Gasteiger partial charge in [-0.15, -0.1) is 24.0 Å². The number of nitrogens with zero attached hydrogens (tertiary/aromatic N) is 1. The van der Waals surface area contributed by atoms with E-state index in [2.05, 4.69) is 53.6 Å². The van der Waals surface area contributed by atoms with Gasteiger partial charge >= 0.3 is 0 Å². The highest BCUT2D eigenvalue weighted by atomic mass is 127. The average Bonchev–Trinajstić information content (AvgIpc) is 2.50. The normalized spacial score (nSPS) is 10.9. The lowest BCUT2D eigenvalue weighted by atomic mass is 10.1.